The normalized spacial score (nSPS) is 17.1. The van der Waals surface area contributed by atoms with Gasteiger partial charge in [-0.2, -0.15) is 0 Å². The number of aliphatic hydroxyl groups excluding tert-OH is 1. The third kappa shape index (κ3) is 21.7. The number of aliphatic hydroxyl groups is 2. The number of carbonyl (C=O) groups excluding carboxylic acids is 4. The topological polar surface area (TPSA) is 319 Å². The maximum Gasteiger partial charge on any atom is 0.320 e. The van der Waals surface area contributed by atoms with Gasteiger partial charge >= 0.3 is 23.9 Å². The van der Waals surface area contributed by atoms with Crippen molar-refractivity contribution in [1.29, 1.82) is 0 Å². The van der Waals surface area contributed by atoms with Gasteiger partial charge in [0.1, 0.15) is 18.1 Å². The van der Waals surface area contributed by atoms with Gasteiger partial charge in [-0.3, -0.25) is 58.0 Å². The van der Waals surface area contributed by atoms with Gasteiger partial charge in [0.15, 0.2) is 6.29 Å². The van der Waals surface area contributed by atoms with Gasteiger partial charge < -0.3 is 51.9 Å². The summed E-state index contributed by atoms with van der Waals surface area (Å²) in [5.74, 6) is -7.05. The second-order valence-electron chi connectivity index (χ2n) is 15.0. The molecule has 1 aliphatic rings. The van der Waals surface area contributed by atoms with Crippen LogP contribution in [0.4, 0.5) is 0 Å². The molecule has 1 aromatic carbocycles. The molecule has 1 saturated heterocycles. The van der Waals surface area contributed by atoms with Gasteiger partial charge in [0.2, 0.25) is 23.6 Å². The van der Waals surface area contributed by atoms with Gasteiger partial charge in [0.05, 0.1) is 25.7 Å². The number of nitrogens with zero attached hydrogens (tertiary/aromatic N) is 4. The van der Waals surface area contributed by atoms with Gasteiger partial charge in [-0.1, -0.05) is 30.3 Å². The zero-order valence-electron chi connectivity index (χ0n) is 34.7. The summed E-state index contributed by atoms with van der Waals surface area (Å²) in [5, 5.41) is 69.0. The van der Waals surface area contributed by atoms with Crippen LogP contribution in [0.3, 0.4) is 0 Å². The predicted molar refractivity (Wildman–Crippen MR) is 217 cm³/mol. The molecule has 1 heterocycles. The Morgan fingerprint density at radius 1 is 0.656 bits per heavy atom. The number of hydrogen-bond acceptors (Lipinski definition) is 14. The Morgan fingerprint density at radius 2 is 1.16 bits per heavy atom. The van der Waals surface area contributed by atoms with Crippen molar-refractivity contribution in [3.05, 3.63) is 35.9 Å². The Kier molecular flexibility index (Phi) is 23.4. The second-order valence-corrected chi connectivity index (χ2v) is 15.0. The third-order valence-corrected chi connectivity index (χ3v) is 10.0. The van der Waals surface area contributed by atoms with Crippen molar-refractivity contribution < 1.29 is 69.0 Å². The van der Waals surface area contributed by atoms with Gasteiger partial charge in [-0.25, -0.2) is 0 Å². The lowest BCUT2D eigenvalue weighted by molar-refractivity contribution is -0.145. The standard InChI is InChI=1S/C39H62N8O14/c1-26(36(56)43-30(22-28-8-4-3-5-9-28)37(57)42-29(38(58)59)10-6-7-13-40-27(2)48)41-32(49)12-11-31(39(60)61)47-20-18-45(24-34(52)53)16-14-44(23-33(50)51)15-17-46(19-21-47)25-35(54)55/h3-5,8-9,26,29-31,38,58-59H,6-7,10-25H2,1-2H3,(H,40,48)(H,41,49)(H,42,57)(H,43,56)(H,50,51)(H,52,53)(H,54,55)(H,60,61)/t26-,29-,30-,31-/m1/s1. The van der Waals surface area contributed by atoms with Crippen LogP contribution in [0.25, 0.3) is 0 Å². The zero-order valence-corrected chi connectivity index (χ0v) is 34.7. The van der Waals surface area contributed by atoms with E-state index in [9.17, 15) is 69.0 Å². The van der Waals surface area contributed by atoms with E-state index in [0.29, 0.717) is 24.9 Å². The summed E-state index contributed by atoms with van der Waals surface area (Å²) in [5.41, 5.74) is 0.676. The molecule has 0 saturated carbocycles. The molecule has 4 amide bonds. The van der Waals surface area contributed by atoms with Crippen molar-refractivity contribution in [2.75, 3.05) is 78.5 Å². The Morgan fingerprint density at radius 3 is 1.62 bits per heavy atom. The van der Waals surface area contributed by atoms with Crippen molar-refractivity contribution in [1.82, 2.24) is 40.9 Å². The lowest BCUT2D eigenvalue weighted by Crippen LogP contribution is -2.56. The first kappa shape index (κ1) is 51.9. The van der Waals surface area contributed by atoms with Gasteiger partial charge in [-0.15, -0.1) is 0 Å². The van der Waals surface area contributed by atoms with E-state index in [1.54, 1.807) is 45.0 Å². The fourth-order valence-corrected chi connectivity index (χ4v) is 6.71. The molecule has 342 valence electrons. The number of carbonyl (C=O) groups is 8. The molecule has 22 nitrogen and oxygen atoms in total. The first-order valence-electron chi connectivity index (χ1n) is 20.2. The monoisotopic (exact) mass is 866 g/mol. The van der Waals surface area contributed by atoms with Gasteiger partial charge in [-0.05, 0) is 38.2 Å². The van der Waals surface area contributed by atoms with Crippen LogP contribution in [0.2, 0.25) is 0 Å². The molecule has 10 N–H and O–H groups in total. The summed E-state index contributed by atoms with van der Waals surface area (Å²) in [6, 6.07) is 3.93. The van der Waals surface area contributed by atoms with Crippen molar-refractivity contribution in [2.45, 2.75) is 82.8 Å². The molecule has 2 rings (SSSR count). The Bertz CT molecular complexity index is 1570. The molecule has 0 spiro atoms. The number of rotatable bonds is 24. The maximum atomic E-state index is 13.5. The van der Waals surface area contributed by atoms with Crippen LogP contribution in [0.15, 0.2) is 30.3 Å². The largest absolute Gasteiger partial charge is 0.480 e. The van der Waals surface area contributed by atoms with Crippen LogP contribution >= 0.6 is 0 Å². The fourth-order valence-electron chi connectivity index (χ4n) is 6.71. The van der Waals surface area contributed by atoms with Crippen molar-refractivity contribution in [3.8, 4) is 0 Å². The van der Waals surface area contributed by atoms with Crippen molar-refractivity contribution >= 4 is 47.5 Å². The molecule has 0 aromatic heterocycles. The Labute approximate surface area is 354 Å². The van der Waals surface area contributed by atoms with Crippen molar-refractivity contribution in [3.63, 3.8) is 0 Å². The maximum absolute atomic E-state index is 13.5. The average Bonchev–Trinajstić information content (AvgIpc) is 3.17. The highest BCUT2D eigenvalue weighted by Crippen LogP contribution is 2.12. The second kappa shape index (κ2) is 27.6. The number of aliphatic carboxylic acids is 4. The van der Waals surface area contributed by atoms with Gasteiger partial charge in [0.25, 0.3) is 0 Å². The highest BCUT2D eigenvalue weighted by atomic mass is 16.5. The lowest BCUT2D eigenvalue weighted by Gasteiger charge is -2.35. The summed E-state index contributed by atoms with van der Waals surface area (Å²) < 4.78 is 0. The molecular formula is C39H62N8O14. The summed E-state index contributed by atoms with van der Waals surface area (Å²) >= 11 is 0. The average molecular weight is 867 g/mol. The van der Waals surface area contributed by atoms with Crippen LogP contribution in [0.1, 0.15) is 51.5 Å². The molecule has 0 radical (unpaired) electrons. The molecule has 22 heteroatoms. The number of amides is 4. The van der Waals surface area contributed by atoms with Crippen LogP contribution in [-0.4, -0.2) is 207 Å². The van der Waals surface area contributed by atoms with E-state index in [1.807, 2.05) is 0 Å². The minimum absolute atomic E-state index is 0.0142. The number of unbranched alkanes of at least 4 members (excludes halogenated alkanes) is 1. The van der Waals surface area contributed by atoms with Crippen molar-refractivity contribution in [2.24, 2.45) is 0 Å². The van der Waals surface area contributed by atoms with Crippen LogP contribution < -0.4 is 21.3 Å². The van der Waals surface area contributed by atoms with E-state index in [4.69, 9.17) is 0 Å². The highest BCUT2D eigenvalue weighted by Gasteiger charge is 2.31. The van der Waals surface area contributed by atoms with E-state index in [2.05, 4.69) is 21.3 Å². The van der Waals surface area contributed by atoms with E-state index in [0.717, 1.165) is 0 Å². The van der Waals surface area contributed by atoms with Crippen LogP contribution in [0, 0.1) is 0 Å². The SMILES string of the molecule is CC(=O)NCCCC[C@@H](NC(=O)[C@@H](Cc1ccccc1)NC(=O)[C@@H](C)NC(=O)CC[C@H](C(=O)O)N1CCN(CC(=O)O)CCN(CC(=O)O)CCN(CC(=O)O)CC1)C(O)O. The predicted octanol–water partition coefficient (Wildman–Crippen LogP) is -2.97. The van der Waals surface area contributed by atoms with E-state index >= 15 is 0 Å². The zero-order chi connectivity index (χ0) is 45.5. The molecular weight excluding hydrogens is 804 g/mol. The van der Waals surface area contributed by atoms with E-state index in [-0.39, 0.29) is 90.5 Å². The Hall–Kier alpha value is -5.26. The summed E-state index contributed by atoms with van der Waals surface area (Å²) in [7, 11) is 0. The molecule has 61 heavy (non-hydrogen) atoms. The molecule has 1 aromatic rings. The molecule has 1 fully saturated rings. The first-order valence-corrected chi connectivity index (χ1v) is 20.2. The molecule has 1 aliphatic heterocycles. The molecule has 0 unspecified atom stereocenters. The number of nitrogens with one attached hydrogen (secondary N) is 4. The molecule has 4 atom stereocenters. The summed E-state index contributed by atoms with van der Waals surface area (Å²) in [4.78, 5) is 105. The van der Waals surface area contributed by atoms with Crippen LogP contribution in [0.5, 0.6) is 0 Å². The smallest absolute Gasteiger partial charge is 0.320 e. The fraction of sp³-hybridized carbons (Fsp3) is 0.641. The minimum atomic E-state index is -1.92. The molecule has 0 bridgehead atoms. The minimum Gasteiger partial charge on any atom is -0.480 e. The third-order valence-electron chi connectivity index (χ3n) is 10.0. The number of carboxylic acids is 4. The van der Waals surface area contributed by atoms with E-state index < -0.39 is 85.1 Å². The number of benzene rings is 1. The van der Waals surface area contributed by atoms with Crippen LogP contribution in [-0.2, 0) is 44.8 Å². The van der Waals surface area contributed by atoms with Gasteiger partial charge in [0, 0.05) is 78.7 Å². The van der Waals surface area contributed by atoms with E-state index in [1.165, 1.54) is 18.7 Å². The molecule has 0 aliphatic carbocycles. The summed E-state index contributed by atoms with van der Waals surface area (Å²) in [6.45, 7) is 2.67. The Balaban J connectivity index is 2.16. The first-order chi connectivity index (χ1) is 28.8. The summed E-state index contributed by atoms with van der Waals surface area (Å²) in [6.07, 6.45) is -1.41. The highest BCUT2D eigenvalue weighted by molar-refractivity contribution is 5.92. The number of hydrogen-bond donors (Lipinski definition) is 10. The lowest BCUT2D eigenvalue weighted by atomic mass is 10.0. The number of carboxylic acid groups (broad SMARTS) is 4. The quantitative estimate of drug-likeness (QED) is 0.0366.